The zero-order valence-electron chi connectivity index (χ0n) is 10.3. The Balaban J connectivity index is 2.18. The maximum atomic E-state index is 10.8. The van der Waals surface area contributed by atoms with Crippen LogP contribution in [-0.4, -0.2) is 17.6 Å². The lowest BCUT2D eigenvalue weighted by Crippen LogP contribution is -2.25. The zero-order valence-corrected chi connectivity index (χ0v) is 10.3. The zero-order chi connectivity index (χ0) is 12.0. The summed E-state index contributed by atoms with van der Waals surface area (Å²) in [5.41, 5.74) is 5.46. The molecule has 1 saturated carbocycles. The van der Waals surface area contributed by atoms with Crippen LogP contribution in [0.15, 0.2) is 0 Å². The molecule has 0 aromatic rings. The number of rotatable bonds is 7. The molecule has 1 aliphatic rings. The molecule has 3 nitrogen and oxygen atoms in total. The lowest BCUT2D eigenvalue weighted by atomic mass is 9.89. The first kappa shape index (κ1) is 13.5. The standard InChI is InChI=1S/C13H25NO2/c1-10(8-12(9-14)13(15)16)6-7-11-4-2-3-5-11/h10-12H,2-9,14H2,1H3,(H,15,16)/t10-,12-/m1/s1. The first-order chi connectivity index (χ1) is 7.63. The van der Waals surface area contributed by atoms with Crippen molar-refractivity contribution in [2.45, 2.75) is 51.9 Å². The molecule has 1 fully saturated rings. The molecule has 2 atom stereocenters. The second-order valence-corrected chi connectivity index (χ2v) is 5.34. The SMILES string of the molecule is C[C@H](CCC1CCCC1)C[C@H](CN)C(=O)O. The molecule has 3 N–H and O–H groups in total. The maximum Gasteiger partial charge on any atom is 0.307 e. The van der Waals surface area contributed by atoms with E-state index in [2.05, 4.69) is 6.92 Å². The Morgan fingerprint density at radius 1 is 1.44 bits per heavy atom. The number of aliphatic carboxylic acids is 1. The van der Waals surface area contributed by atoms with E-state index in [0.29, 0.717) is 5.92 Å². The van der Waals surface area contributed by atoms with Crippen LogP contribution in [0.25, 0.3) is 0 Å². The van der Waals surface area contributed by atoms with E-state index in [9.17, 15) is 4.79 Å². The van der Waals surface area contributed by atoms with E-state index >= 15 is 0 Å². The molecule has 0 spiro atoms. The van der Waals surface area contributed by atoms with Gasteiger partial charge < -0.3 is 10.8 Å². The fourth-order valence-corrected chi connectivity index (χ4v) is 2.72. The topological polar surface area (TPSA) is 63.3 Å². The predicted molar refractivity (Wildman–Crippen MR) is 65.2 cm³/mol. The van der Waals surface area contributed by atoms with E-state index in [4.69, 9.17) is 10.8 Å². The van der Waals surface area contributed by atoms with Gasteiger partial charge in [0.25, 0.3) is 0 Å². The molecule has 1 rings (SSSR count). The van der Waals surface area contributed by atoms with Gasteiger partial charge in [0.15, 0.2) is 0 Å². The quantitative estimate of drug-likeness (QED) is 0.702. The molecule has 0 bridgehead atoms. The summed E-state index contributed by atoms with van der Waals surface area (Å²) in [5, 5.41) is 8.92. The Bertz CT molecular complexity index is 212. The van der Waals surface area contributed by atoms with E-state index in [0.717, 1.165) is 18.8 Å². The summed E-state index contributed by atoms with van der Waals surface area (Å²) >= 11 is 0. The van der Waals surface area contributed by atoms with Crippen LogP contribution in [0.3, 0.4) is 0 Å². The highest BCUT2D eigenvalue weighted by atomic mass is 16.4. The maximum absolute atomic E-state index is 10.8. The average molecular weight is 227 g/mol. The fraction of sp³-hybridized carbons (Fsp3) is 0.923. The van der Waals surface area contributed by atoms with Crippen molar-refractivity contribution >= 4 is 5.97 Å². The lowest BCUT2D eigenvalue weighted by Gasteiger charge is -2.17. The second-order valence-electron chi connectivity index (χ2n) is 5.34. The third-order valence-electron chi connectivity index (χ3n) is 3.86. The predicted octanol–water partition coefficient (Wildman–Crippen LogP) is 2.64. The molecule has 0 saturated heterocycles. The summed E-state index contributed by atoms with van der Waals surface area (Å²) in [6.45, 7) is 2.42. The molecule has 0 aromatic heterocycles. The molecule has 0 aliphatic heterocycles. The van der Waals surface area contributed by atoms with E-state index in [-0.39, 0.29) is 12.5 Å². The third kappa shape index (κ3) is 4.52. The highest BCUT2D eigenvalue weighted by molar-refractivity contribution is 5.70. The first-order valence-electron chi connectivity index (χ1n) is 6.56. The molecule has 0 unspecified atom stereocenters. The van der Waals surface area contributed by atoms with Gasteiger partial charge in [-0.1, -0.05) is 45.4 Å². The van der Waals surface area contributed by atoms with Gasteiger partial charge in [0.1, 0.15) is 0 Å². The monoisotopic (exact) mass is 227 g/mol. The summed E-state index contributed by atoms with van der Waals surface area (Å²) in [6.07, 6.45) is 8.71. The molecular weight excluding hydrogens is 202 g/mol. The molecule has 0 aromatic carbocycles. The summed E-state index contributed by atoms with van der Waals surface area (Å²) < 4.78 is 0. The van der Waals surface area contributed by atoms with Crippen LogP contribution in [-0.2, 0) is 4.79 Å². The minimum Gasteiger partial charge on any atom is -0.481 e. The minimum atomic E-state index is -0.741. The molecular formula is C13H25NO2. The van der Waals surface area contributed by atoms with E-state index < -0.39 is 5.97 Å². The van der Waals surface area contributed by atoms with Crippen LogP contribution in [0.4, 0.5) is 0 Å². The second kappa shape index (κ2) is 6.89. The van der Waals surface area contributed by atoms with Crippen molar-refractivity contribution < 1.29 is 9.90 Å². The molecule has 94 valence electrons. The Morgan fingerprint density at radius 2 is 2.06 bits per heavy atom. The highest BCUT2D eigenvalue weighted by Crippen LogP contribution is 2.30. The van der Waals surface area contributed by atoms with Crippen molar-refractivity contribution in [3.63, 3.8) is 0 Å². The largest absolute Gasteiger partial charge is 0.481 e. The number of carboxylic acids is 1. The van der Waals surface area contributed by atoms with Gasteiger partial charge in [-0.3, -0.25) is 4.79 Å². The van der Waals surface area contributed by atoms with Crippen molar-refractivity contribution in [3.8, 4) is 0 Å². The number of nitrogens with two attached hydrogens (primary N) is 1. The van der Waals surface area contributed by atoms with E-state index in [1.807, 2.05) is 0 Å². The van der Waals surface area contributed by atoms with Crippen molar-refractivity contribution in [1.82, 2.24) is 0 Å². The molecule has 3 heteroatoms. The number of carboxylic acid groups (broad SMARTS) is 1. The van der Waals surface area contributed by atoms with Crippen LogP contribution in [0.5, 0.6) is 0 Å². The molecule has 0 amide bonds. The smallest absolute Gasteiger partial charge is 0.307 e. The molecule has 16 heavy (non-hydrogen) atoms. The third-order valence-corrected chi connectivity index (χ3v) is 3.86. The summed E-state index contributed by atoms with van der Waals surface area (Å²) in [5.74, 6) is 0.308. The van der Waals surface area contributed by atoms with Crippen LogP contribution in [0.1, 0.15) is 51.9 Å². The highest BCUT2D eigenvalue weighted by Gasteiger charge is 2.20. The average Bonchev–Trinajstić information content (AvgIpc) is 2.75. The van der Waals surface area contributed by atoms with Gasteiger partial charge in [0, 0.05) is 6.54 Å². The normalized spacial score (nSPS) is 20.9. The number of hydrogen-bond acceptors (Lipinski definition) is 2. The van der Waals surface area contributed by atoms with Gasteiger partial charge in [-0.15, -0.1) is 0 Å². The molecule has 0 radical (unpaired) electrons. The Kier molecular flexibility index (Phi) is 5.81. The van der Waals surface area contributed by atoms with Gasteiger partial charge in [0.2, 0.25) is 0 Å². The van der Waals surface area contributed by atoms with Crippen LogP contribution in [0, 0.1) is 17.8 Å². The van der Waals surface area contributed by atoms with Gasteiger partial charge in [-0.2, -0.15) is 0 Å². The fourth-order valence-electron chi connectivity index (χ4n) is 2.72. The van der Waals surface area contributed by atoms with E-state index in [1.165, 1.54) is 32.1 Å². The minimum absolute atomic E-state index is 0.267. The number of carbonyl (C=O) groups is 1. The van der Waals surface area contributed by atoms with Gasteiger partial charge in [-0.25, -0.2) is 0 Å². The van der Waals surface area contributed by atoms with E-state index in [1.54, 1.807) is 0 Å². The van der Waals surface area contributed by atoms with Gasteiger partial charge in [0.05, 0.1) is 5.92 Å². The van der Waals surface area contributed by atoms with Gasteiger partial charge in [-0.05, 0) is 18.3 Å². The van der Waals surface area contributed by atoms with Crippen molar-refractivity contribution in [2.75, 3.05) is 6.54 Å². The van der Waals surface area contributed by atoms with Crippen LogP contribution < -0.4 is 5.73 Å². The van der Waals surface area contributed by atoms with Crippen molar-refractivity contribution in [3.05, 3.63) is 0 Å². The summed E-state index contributed by atoms with van der Waals surface area (Å²) in [6, 6.07) is 0. The Morgan fingerprint density at radius 3 is 2.56 bits per heavy atom. The summed E-state index contributed by atoms with van der Waals surface area (Å²) in [7, 11) is 0. The summed E-state index contributed by atoms with van der Waals surface area (Å²) in [4.78, 5) is 10.8. The Hall–Kier alpha value is -0.570. The lowest BCUT2D eigenvalue weighted by molar-refractivity contribution is -0.141. The molecule has 0 heterocycles. The number of hydrogen-bond donors (Lipinski definition) is 2. The van der Waals surface area contributed by atoms with Crippen LogP contribution in [0.2, 0.25) is 0 Å². The molecule has 1 aliphatic carbocycles. The van der Waals surface area contributed by atoms with Crippen molar-refractivity contribution in [1.29, 1.82) is 0 Å². The van der Waals surface area contributed by atoms with Crippen molar-refractivity contribution in [2.24, 2.45) is 23.5 Å². The van der Waals surface area contributed by atoms with Gasteiger partial charge >= 0.3 is 5.97 Å². The first-order valence-corrected chi connectivity index (χ1v) is 6.56. The Labute approximate surface area is 98.4 Å². The van der Waals surface area contributed by atoms with Crippen LogP contribution >= 0.6 is 0 Å².